The van der Waals surface area contributed by atoms with Gasteiger partial charge in [0.15, 0.2) is 0 Å². The third kappa shape index (κ3) is 3.79. The molecule has 6 rings (SSSR count). The molecule has 5 nitrogen and oxygen atoms in total. The molecule has 30 heavy (non-hydrogen) atoms. The van der Waals surface area contributed by atoms with E-state index in [-0.39, 0.29) is 16.6 Å². The SMILES string of the molecule is CC(C)c1ccc(NC(=O)[C@H](C)Sc2nnc(C34CC5CC(CC(C5)C3)C4)o2)cc1. The third-order valence-electron chi connectivity index (χ3n) is 7.39. The summed E-state index contributed by atoms with van der Waals surface area (Å²) in [4.78, 5) is 12.6. The molecule has 1 aromatic carbocycles. The van der Waals surface area contributed by atoms with Crippen LogP contribution in [0.25, 0.3) is 0 Å². The van der Waals surface area contributed by atoms with Crippen molar-refractivity contribution in [2.75, 3.05) is 5.32 Å². The van der Waals surface area contributed by atoms with Gasteiger partial charge in [-0.2, -0.15) is 0 Å². The van der Waals surface area contributed by atoms with Gasteiger partial charge < -0.3 is 9.73 Å². The van der Waals surface area contributed by atoms with E-state index in [2.05, 4.69) is 41.5 Å². The lowest BCUT2D eigenvalue weighted by atomic mass is 9.49. The molecule has 1 N–H and O–H groups in total. The van der Waals surface area contributed by atoms with Crippen LogP contribution in [0.2, 0.25) is 0 Å². The van der Waals surface area contributed by atoms with Gasteiger partial charge in [-0.05, 0) is 86.8 Å². The van der Waals surface area contributed by atoms with Crippen molar-refractivity contribution < 1.29 is 9.21 Å². The first-order chi connectivity index (χ1) is 14.4. The van der Waals surface area contributed by atoms with Crippen LogP contribution in [0.1, 0.15) is 76.7 Å². The van der Waals surface area contributed by atoms with Crippen molar-refractivity contribution in [3.8, 4) is 0 Å². The molecule has 1 aromatic heterocycles. The number of hydrogen-bond donors (Lipinski definition) is 1. The second kappa shape index (κ2) is 7.70. The highest BCUT2D eigenvalue weighted by atomic mass is 32.2. The van der Waals surface area contributed by atoms with E-state index in [9.17, 15) is 4.79 Å². The number of amides is 1. The number of benzene rings is 1. The molecule has 4 aliphatic carbocycles. The van der Waals surface area contributed by atoms with Crippen LogP contribution in [-0.4, -0.2) is 21.4 Å². The molecule has 4 fully saturated rings. The molecule has 0 radical (unpaired) electrons. The van der Waals surface area contributed by atoms with Crippen LogP contribution < -0.4 is 5.32 Å². The van der Waals surface area contributed by atoms with Crippen molar-refractivity contribution in [3.05, 3.63) is 35.7 Å². The number of nitrogens with zero attached hydrogens (tertiary/aromatic N) is 2. The number of carbonyl (C=O) groups excluding carboxylic acids is 1. The third-order valence-corrected chi connectivity index (χ3v) is 8.32. The maximum atomic E-state index is 12.6. The van der Waals surface area contributed by atoms with Gasteiger partial charge in [0.05, 0.1) is 5.25 Å². The summed E-state index contributed by atoms with van der Waals surface area (Å²) in [6, 6.07) is 8.05. The molecule has 1 heterocycles. The highest BCUT2D eigenvalue weighted by Crippen LogP contribution is 2.60. The molecule has 0 unspecified atom stereocenters. The Bertz CT molecular complexity index is 886. The van der Waals surface area contributed by atoms with Gasteiger partial charge in [0.2, 0.25) is 11.8 Å². The second-order valence-electron chi connectivity index (χ2n) is 10.1. The smallest absolute Gasteiger partial charge is 0.277 e. The standard InChI is InChI=1S/C24H31N3O2S/c1-14(2)19-4-6-20(7-5-19)25-21(28)15(3)30-23-27-26-22(29-23)24-11-16-8-17(12-24)10-18(9-16)13-24/h4-7,14-18H,8-13H2,1-3H3,(H,25,28)/t15-,16?,17?,18?,24?/m0/s1. The molecule has 0 spiro atoms. The highest BCUT2D eigenvalue weighted by molar-refractivity contribution is 8.00. The van der Waals surface area contributed by atoms with Crippen molar-refractivity contribution in [2.45, 2.75) is 81.1 Å². The zero-order valence-electron chi connectivity index (χ0n) is 18.1. The molecule has 6 heteroatoms. The average Bonchev–Trinajstić information content (AvgIpc) is 3.17. The predicted molar refractivity (Wildman–Crippen MR) is 119 cm³/mol. The summed E-state index contributed by atoms with van der Waals surface area (Å²) in [5.74, 6) is 3.76. The maximum absolute atomic E-state index is 12.6. The monoisotopic (exact) mass is 425 g/mol. The lowest BCUT2D eigenvalue weighted by Crippen LogP contribution is -2.48. The van der Waals surface area contributed by atoms with E-state index in [1.165, 1.54) is 55.9 Å². The van der Waals surface area contributed by atoms with Crippen LogP contribution in [0.15, 0.2) is 33.9 Å². The number of carbonyl (C=O) groups is 1. The molecule has 160 valence electrons. The zero-order valence-corrected chi connectivity index (χ0v) is 18.9. The molecule has 4 bridgehead atoms. The number of rotatable bonds is 6. The van der Waals surface area contributed by atoms with Crippen LogP contribution in [0.5, 0.6) is 0 Å². The summed E-state index contributed by atoms with van der Waals surface area (Å²) >= 11 is 1.35. The Morgan fingerprint density at radius 3 is 2.20 bits per heavy atom. The fourth-order valence-electron chi connectivity index (χ4n) is 6.24. The Morgan fingerprint density at radius 2 is 1.63 bits per heavy atom. The van der Waals surface area contributed by atoms with Crippen molar-refractivity contribution in [2.24, 2.45) is 17.8 Å². The van der Waals surface area contributed by atoms with Gasteiger partial charge in [-0.15, -0.1) is 10.2 Å². The van der Waals surface area contributed by atoms with Gasteiger partial charge in [0.25, 0.3) is 5.22 Å². The first kappa shape index (κ1) is 20.1. The van der Waals surface area contributed by atoms with E-state index in [1.807, 2.05) is 19.1 Å². The zero-order chi connectivity index (χ0) is 20.9. The topological polar surface area (TPSA) is 68.0 Å². The van der Waals surface area contributed by atoms with Crippen LogP contribution >= 0.6 is 11.8 Å². The van der Waals surface area contributed by atoms with Gasteiger partial charge in [0, 0.05) is 11.1 Å². The Balaban J connectivity index is 1.22. The molecule has 1 atom stereocenters. The summed E-state index contributed by atoms with van der Waals surface area (Å²) < 4.78 is 6.14. The first-order valence-corrected chi connectivity index (χ1v) is 12.2. The van der Waals surface area contributed by atoms with Gasteiger partial charge in [-0.3, -0.25) is 4.79 Å². The number of nitrogens with one attached hydrogen (secondary N) is 1. The van der Waals surface area contributed by atoms with Gasteiger partial charge in [-0.25, -0.2) is 0 Å². The van der Waals surface area contributed by atoms with Crippen LogP contribution in [0.3, 0.4) is 0 Å². The van der Waals surface area contributed by atoms with E-state index in [1.54, 1.807) is 0 Å². The van der Waals surface area contributed by atoms with Crippen LogP contribution in [0.4, 0.5) is 5.69 Å². The van der Waals surface area contributed by atoms with E-state index in [4.69, 9.17) is 4.42 Å². The first-order valence-electron chi connectivity index (χ1n) is 11.3. The summed E-state index contributed by atoms with van der Waals surface area (Å²) in [7, 11) is 0. The Hall–Kier alpha value is -1.82. The fourth-order valence-corrected chi connectivity index (χ4v) is 6.93. The molecule has 4 saturated carbocycles. The maximum Gasteiger partial charge on any atom is 0.277 e. The van der Waals surface area contributed by atoms with Crippen molar-refractivity contribution in [1.82, 2.24) is 10.2 Å². The summed E-state index contributed by atoms with van der Waals surface area (Å²) in [6.07, 6.45) is 7.79. The minimum Gasteiger partial charge on any atom is -0.415 e. The van der Waals surface area contributed by atoms with Gasteiger partial charge in [-0.1, -0.05) is 37.7 Å². The number of anilines is 1. The van der Waals surface area contributed by atoms with E-state index >= 15 is 0 Å². The number of aromatic nitrogens is 2. The van der Waals surface area contributed by atoms with Crippen LogP contribution in [-0.2, 0) is 10.2 Å². The summed E-state index contributed by atoms with van der Waals surface area (Å²) in [6.45, 7) is 6.21. The predicted octanol–water partition coefficient (Wildman–Crippen LogP) is 5.78. The number of hydrogen-bond acceptors (Lipinski definition) is 5. The Morgan fingerprint density at radius 1 is 1.03 bits per heavy atom. The van der Waals surface area contributed by atoms with E-state index < -0.39 is 0 Å². The quantitative estimate of drug-likeness (QED) is 0.594. The van der Waals surface area contributed by atoms with Gasteiger partial charge >= 0.3 is 0 Å². The van der Waals surface area contributed by atoms with Gasteiger partial charge in [0.1, 0.15) is 0 Å². The van der Waals surface area contributed by atoms with E-state index in [0.717, 1.165) is 29.3 Å². The summed E-state index contributed by atoms with van der Waals surface area (Å²) in [5.41, 5.74) is 2.18. The second-order valence-corrected chi connectivity index (χ2v) is 11.4. The largest absolute Gasteiger partial charge is 0.415 e. The lowest BCUT2D eigenvalue weighted by Gasteiger charge is -2.55. The summed E-state index contributed by atoms with van der Waals surface area (Å²) in [5, 5.41) is 12.0. The normalized spacial score (nSPS) is 30.6. The fraction of sp³-hybridized carbons (Fsp3) is 0.625. The Kier molecular flexibility index (Phi) is 5.16. The van der Waals surface area contributed by atoms with Crippen molar-refractivity contribution in [1.29, 1.82) is 0 Å². The van der Waals surface area contributed by atoms with Crippen LogP contribution in [0, 0.1) is 17.8 Å². The highest BCUT2D eigenvalue weighted by Gasteiger charge is 2.54. The molecule has 4 aliphatic rings. The van der Waals surface area contributed by atoms with E-state index in [0.29, 0.717) is 11.1 Å². The van der Waals surface area contributed by atoms with Crippen molar-refractivity contribution in [3.63, 3.8) is 0 Å². The molecular weight excluding hydrogens is 394 g/mol. The molecular formula is C24H31N3O2S. The molecule has 0 saturated heterocycles. The lowest BCUT2D eigenvalue weighted by molar-refractivity contribution is -0.115. The minimum atomic E-state index is -0.306. The number of thioether (sulfide) groups is 1. The average molecular weight is 426 g/mol. The molecule has 2 aromatic rings. The Labute approximate surface area is 182 Å². The van der Waals surface area contributed by atoms with Crippen molar-refractivity contribution >= 4 is 23.4 Å². The molecule has 0 aliphatic heterocycles. The molecule has 1 amide bonds. The minimum absolute atomic E-state index is 0.0492.